The van der Waals surface area contributed by atoms with Crippen LogP contribution in [-0.4, -0.2) is 25.7 Å². The van der Waals surface area contributed by atoms with Gasteiger partial charge in [-0.2, -0.15) is 0 Å². The van der Waals surface area contributed by atoms with Gasteiger partial charge in [0.05, 0.1) is 5.41 Å². The summed E-state index contributed by atoms with van der Waals surface area (Å²) in [5.41, 5.74) is 6.49. The molecule has 1 amide bonds. The largest absolute Gasteiger partial charge is 0.486 e. The molecule has 0 atom stereocenters. The van der Waals surface area contributed by atoms with E-state index in [1.54, 1.807) is 0 Å². The Kier molecular flexibility index (Phi) is 5.53. The second-order valence-electron chi connectivity index (χ2n) is 5.85. The Bertz CT molecular complexity index is 530. The van der Waals surface area contributed by atoms with Crippen molar-refractivity contribution in [2.75, 3.05) is 19.8 Å². The molecule has 1 heterocycles. The molecule has 1 aromatic rings. The van der Waals surface area contributed by atoms with E-state index < -0.39 is 0 Å². The average molecular weight is 327 g/mol. The van der Waals surface area contributed by atoms with Gasteiger partial charge in [0.1, 0.15) is 13.2 Å². The number of hydrogen-bond donors (Lipinski definition) is 2. The lowest BCUT2D eigenvalue weighted by atomic mass is 9.85. The van der Waals surface area contributed by atoms with E-state index in [1.807, 2.05) is 18.2 Å². The smallest absolute Gasteiger partial charge is 0.227 e. The number of halogens is 1. The van der Waals surface area contributed by atoms with Gasteiger partial charge in [-0.25, -0.2) is 0 Å². The number of hydrogen-bond acceptors (Lipinski definition) is 4. The fourth-order valence-corrected chi connectivity index (χ4v) is 3.14. The molecule has 1 aliphatic heterocycles. The van der Waals surface area contributed by atoms with E-state index in [9.17, 15) is 4.79 Å². The van der Waals surface area contributed by atoms with Crippen LogP contribution in [0, 0.1) is 5.41 Å². The highest BCUT2D eigenvalue weighted by Gasteiger charge is 2.39. The molecule has 3 rings (SSSR count). The predicted molar refractivity (Wildman–Crippen MR) is 86.5 cm³/mol. The van der Waals surface area contributed by atoms with Crippen LogP contribution >= 0.6 is 12.4 Å². The van der Waals surface area contributed by atoms with E-state index in [0.717, 1.165) is 42.7 Å². The number of carbonyl (C=O) groups is 1. The fraction of sp³-hybridized carbons (Fsp3) is 0.562. The monoisotopic (exact) mass is 326 g/mol. The molecule has 3 N–H and O–H groups in total. The molecule has 0 saturated heterocycles. The zero-order valence-corrected chi connectivity index (χ0v) is 13.4. The van der Waals surface area contributed by atoms with Crippen molar-refractivity contribution in [3.05, 3.63) is 23.8 Å². The summed E-state index contributed by atoms with van der Waals surface area (Å²) in [5, 5.41) is 3.02. The maximum atomic E-state index is 12.4. The highest BCUT2D eigenvalue weighted by Crippen LogP contribution is 2.37. The van der Waals surface area contributed by atoms with Crippen molar-refractivity contribution < 1.29 is 14.3 Å². The molecule has 0 spiro atoms. The summed E-state index contributed by atoms with van der Waals surface area (Å²) >= 11 is 0. The molecule has 1 aliphatic carbocycles. The molecule has 2 aliphatic rings. The molecule has 0 unspecified atom stereocenters. The Morgan fingerprint density at radius 2 is 1.86 bits per heavy atom. The molecule has 0 radical (unpaired) electrons. The number of benzene rings is 1. The number of rotatable bonds is 4. The molecule has 5 nitrogen and oxygen atoms in total. The van der Waals surface area contributed by atoms with Crippen molar-refractivity contribution >= 4 is 18.3 Å². The van der Waals surface area contributed by atoms with Crippen LogP contribution in [0.15, 0.2) is 18.2 Å². The van der Waals surface area contributed by atoms with E-state index >= 15 is 0 Å². The third-order valence-corrected chi connectivity index (χ3v) is 4.49. The number of ether oxygens (including phenoxy) is 2. The second kappa shape index (κ2) is 7.20. The summed E-state index contributed by atoms with van der Waals surface area (Å²) in [6.45, 7) is 2.08. The molecule has 1 fully saturated rings. The number of carbonyl (C=O) groups excluding carboxylic acids is 1. The van der Waals surface area contributed by atoms with Crippen molar-refractivity contribution in [3.63, 3.8) is 0 Å². The van der Waals surface area contributed by atoms with Crippen molar-refractivity contribution in [2.45, 2.75) is 32.2 Å². The van der Waals surface area contributed by atoms with Gasteiger partial charge < -0.3 is 20.5 Å². The van der Waals surface area contributed by atoms with E-state index in [-0.39, 0.29) is 23.7 Å². The maximum absolute atomic E-state index is 12.4. The zero-order valence-electron chi connectivity index (χ0n) is 12.6. The van der Waals surface area contributed by atoms with Crippen LogP contribution in [0.1, 0.15) is 31.2 Å². The van der Waals surface area contributed by atoms with E-state index in [2.05, 4.69) is 5.32 Å². The molecule has 122 valence electrons. The SMILES string of the molecule is Cl.NCC1(C(=O)NCc2ccc3c(c2)OCCO3)CCCC1. The number of fused-ring (bicyclic) bond motifs is 1. The first kappa shape index (κ1) is 16.9. The summed E-state index contributed by atoms with van der Waals surface area (Å²) in [7, 11) is 0. The molecular formula is C16H23ClN2O3. The van der Waals surface area contributed by atoms with Crippen molar-refractivity contribution in [3.8, 4) is 11.5 Å². The number of nitrogens with two attached hydrogens (primary N) is 1. The molecule has 0 bridgehead atoms. The van der Waals surface area contributed by atoms with Crippen LogP contribution in [0.3, 0.4) is 0 Å². The Morgan fingerprint density at radius 3 is 2.55 bits per heavy atom. The van der Waals surface area contributed by atoms with Gasteiger partial charge in [0.25, 0.3) is 0 Å². The van der Waals surface area contributed by atoms with Crippen LogP contribution < -0.4 is 20.5 Å². The van der Waals surface area contributed by atoms with Crippen molar-refractivity contribution in [1.82, 2.24) is 5.32 Å². The van der Waals surface area contributed by atoms with E-state index in [4.69, 9.17) is 15.2 Å². The molecular weight excluding hydrogens is 304 g/mol. The van der Waals surface area contributed by atoms with E-state index in [0.29, 0.717) is 26.3 Å². The first-order valence-corrected chi connectivity index (χ1v) is 7.60. The average Bonchev–Trinajstić information content (AvgIpc) is 3.02. The van der Waals surface area contributed by atoms with Gasteiger partial charge in [0.2, 0.25) is 5.91 Å². The highest BCUT2D eigenvalue weighted by molar-refractivity contribution is 5.85. The van der Waals surface area contributed by atoms with Gasteiger partial charge in [-0.15, -0.1) is 12.4 Å². The van der Waals surface area contributed by atoms with Crippen molar-refractivity contribution in [2.24, 2.45) is 11.1 Å². The minimum Gasteiger partial charge on any atom is -0.486 e. The van der Waals surface area contributed by atoms with Gasteiger partial charge in [0.15, 0.2) is 11.5 Å². The Hall–Kier alpha value is -1.46. The first-order chi connectivity index (χ1) is 10.2. The summed E-state index contributed by atoms with van der Waals surface area (Å²) in [6.07, 6.45) is 3.98. The molecule has 1 aromatic carbocycles. The lowest BCUT2D eigenvalue weighted by molar-refractivity contribution is -0.130. The van der Waals surface area contributed by atoms with Gasteiger partial charge in [-0.3, -0.25) is 4.79 Å². The molecule has 1 saturated carbocycles. The van der Waals surface area contributed by atoms with Gasteiger partial charge in [-0.05, 0) is 30.5 Å². The highest BCUT2D eigenvalue weighted by atomic mass is 35.5. The normalized spacial score (nSPS) is 18.4. The lowest BCUT2D eigenvalue weighted by Gasteiger charge is -2.26. The topological polar surface area (TPSA) is 73.6 Å². The summed E-state index contributed by atoms with van der Waals surface area (Å²) < 4.78 is 11.0. The van der Waals surface area contributed by atoms with Crippen LogP contribution in [0.4, 0.5) is 0 Å². The molecule has 6 heteroatoms. The summed E-state index contributed by atoms with van der Waals surface area (Å²) in [6, 6.07) is 5.78. The Labute approximate surface area is 137 Å². The summed E-state index contributed by atoms with van der Waals surface area (Å²) in [5.74, 6) is 1.60. The van der Waals surface area contributed by atoms with Crippen LogP contribution in [0.5, 0.6) is 11.5 Å². The van der Waals surface area contributed by atoms with Gasteiger partial charge in [0, 0.05) is 13.1 Å². The van der Waals surface area contributed by atoms with Crippen molar-refractivity contribution in [1.29, 1.82) is 0 Å². The standard InChI is InChI=1S/C16H22N2O3.ClH/c17-11-16(5-1-2-6-16)15(19)18-10-12-3-4-13-14(9-12)21-8-7-20-13;/h3-4,9H,1-2,5-8,10-11,17H2,(H,18,19);1H. The third-order valence-electron chi connectivity index (χ3n) is 4.49. The van der Waals surface area contributed by atoms with Gasteiger partial charge in [-0.1, -0.05) is 18.9 Å². The minimum absolute atomic E-state index is 0. The number of amides is 1. The second-order valence-corrected chi connectivity index (χ2v) is 5.85. The third kappa shape index (κ3) is 3.31. The number of nitrogens with one attached hydrogen (secondary N) is 1. The fourth-order valence-electron chi connectivity index (χ4n) is 3.14. The van der Waals surface area contributed by atoms with Crippen LogP contribution in [-0.2, 0) is 11.3 Å². The lowest BCUT2D eigenvalue weighted by Crippen LogP contribution is -2.43. The quantitative estimate of drug-likeness (QED) is 0.887. The van der Waals surface area contributed by atoms with Gasteiger partial charge >= 0.3 is 0 Å². The predicted octanol–water partition coefficient (Wildman–Crippen LogP) is 2.01. The Balaban J connectivity index is 0.00000176. The Morgan fingerprint density at radius 1 is 1.18 bits per heavy atom. The first-order valence-electron chi connectivity index (χ1n) is 7.60. The van der Waals surface area contributed by atoms with E-state index in [1.165, 1.54) is 0 Å². The molecule has 22 heavy (non-hydrogen) atoms. The minimum atomic E-state index is -0.353. The molecule has 0 aromatic heterocycles. The maximum Gasteiger partial charge on any atom is 0.227 e. The summed E-state index contributed by atoms with van der Waals surface area (Å²) in [4.78, 5) is 12.4. The van der Waals surface area contributed by atoms with Crippen LogP contribution in [0.2, 0.25) is 0 Å². The zero-order chi connectivity index (χ0) is 14.7. The van der Waals surface area contributed by atoms with Crippen LogP contribution in [0.25, 0.3) is 0 Å².